The lowest BCUT2D eigenvalue weighted by Crippen LogP contribution is -2.29. The van der Waals surface area contributed by atoms with E-state index in [4.69, 9.17) is 4.74 Å². The van der Waals surface area contributed by atoms with Gasteiger partial charge >= 0.3 is 0 Å². The van der Waals surface area contributed by atoms with Crippen molar-refractivity contribution < 1.29 is 13.2 Å². The predicted octanol–water partition coefficient (Wildman–Crippen LogP) is 1.83. The van der Waals surface area contributed by atoms with Crippen molar-refractivity contribution >= 4 is 21.8 Å². The third kappa shape index (κ3) is 5.50. The number of sulfonamides is 1. The summed E-state index contributed by atoms with van der Waals surface area (Å²) in [6, 6.07) is 4.92. The second kappa shape index (κ2) is 8.63. The smallest absolute Gasteiger partial charge is 0.240 e. The summed E-state index contributed by atoms with van der Waals surface area (Å²) in [5.74, 6) is 0.687. The minimum absolute atomic E-state index is 0.235. The molecule has 0 radical (unpaired) electrons. The van der Waals surface area contributed by atoms with Crippen LogP contribution in [-0.2, 0) is 16.6 Å². The molecule has 0 aliphatic heterocycles. The number of hydrogen-bond donors (Lipinski definition) is 2. The van der Waals surface area contributed by atoms with Crippen LogP contribution in [0.1, 0.15) is 19.4 Å². The molecule has 0 amide bonds. The second-order valence-electron chi connectivity index (χ2n) is 4.65. The molecular formula is C14H24N2O3S2. The molecule has 5 nitrogen and oxygen atoms in total. The normalized spacial score (nSPS) is 13.1. The minimum atomic E-state index is -3.48. The SMILES string of the molecule is CCNCc1cc(S(=O)(=O)NCC(C)SC)ccc1OC. The van der Waals surface area contributed by atoms with Crippen molar-refractivity contribution in [2.45, 2.75) is 30.5 Å². The third-order valence-electron chi connectivity index (χ3n) is 3.09. The molecule has 1 aromatic rings. The summed E-state index contributed by atoms with van der Waals surface area (Å²) in [4.78, 5) is 0.268. The summed E-state index contributed by atoms with van der Waals surface area (Å²) >= 11 is 1.62. The van der Waals surface area contributed by atoms with Gasteiger partial charge in [0, 0.05) is 23.9 Å². The monoisotopic (exact) mass is 332 g/mol. The lowest BCUT2D eigenvalue weighted by atomic mass is 10.2. The average Bonchev–Trinajstić information content (AvgIpc) is 2.50. The van der Waals surface area contributed by atoms with E-state index in [2.05, 4.69) is 10.0 Å². The van der Waals surface area contributed by atoms with Gasteiger partial charge in [0.15, 0.2) is 0 Å². The van der Waals surface area contributed by atoms with E-state index in [-0.39, 0.29) is 10.1 Å². The first-order valence-corrected chi connectivity index (χ1v) is 9.61. The van der Waals surface area contributed by atoms with Crippen molar-refractivity contribution in [2.24, 2.45) is 0 Å². The summed E-state index contributed by atoms with van der Waals surface area (Å²) in [6.45, 7) is 5.78. The quantitative estimate of drug-likeness (QED) is 0.722. The maximum Gasteiger partial charge on any atom is 0.240 e. The van der Waals surface area contributed by atoms with E-state index < -0.39 is 10.0 Å². The first-order chi connectivity index (χ1) is 9.94. The van der Waals surface area contributed by atoms with Crippen molar-refractivity contribution in [3.8, 4) is 5.75 Å². The van der Waals surface area contributed by atoms with Crippen LogP contribution in [0.2, 0.25) is 0 Å². The van der Waals surface area contributed by atoms with E-state index in [1.165, 1.54) is 0 Å². The molecular weight excluding hydrogens is 308 g/mol. The zero-order valence-corrected chi connectivity index (χ0v) is 14.6. The first kappa shape index (κ1) is 18.3. The molecule has 1 aromatic carbocycles. The van der Waals surface area contributed by atoms with E-state index in [1.54, 1.807) is 37.1 Å². The van der Waals surface area contributed by atoms with Crippen LogP contribution in [0.3, 0.4) is 0 Å². The van der Waals surface area contributed by atoms with Crippen LogP contribution in [0, 0.1) is 0 Å². The maximum atomic E-state index is 12.3. The van der Waals surface area contributed by atoms with Gasteiger partial charge in [-0.1, -0.05) is 13.8 Å². The van der Waals surface area contributed by atoms with E-state index in [0.29, 0.717) is 18.8 Å². The van der Waals surface area contributed by atoms with E-state index in [1.807, 2.05) is 20.1 Å². The molecule has 0 aliphatic rings. The maximum absolute atomic E-state index is 12.3. The fourth-order valence-corrected chi connectivity index (χ4v) is 3.25. The van der Waals surface area contributed by atoms with Gasteiger partial charge in [-0.25, -0.2) is 13.1 Å². The number of methoxy groups -OCH3 is 1. The molecule has 0 bridgehead atoms. The number of thioether (sulfide) groups is 1. The van der Waals surface area contributed by atoms with Gasteiger partial charge in [0.1, 0.15) is 5.75 Å². The van der Waals surface area contributed by atoms with Gasteiger partial charge in [-0.05, 0) is 31.0 Å². The number of hydrogen-bond acceptors (Lipinski definition) is 5. The lowest BCUT2D eigenvalue weighted by Gasteiger charge is -2.13. The van der Waals surface area contributed by atoms with E-state index in [0.717, 1.165) is 12.1 Å². The van der Waals surface area contributed by atoms with E-state index >= 15 is 0 Å². The van der Waals surface area contributed by atoms with Gasteiger partial charge in [-0.15, -0.1) is 0 Å². The van der Waals surface area contributed by atoms with Gasteiger partial charge < -0.3 is 10.1 Å². The highest BCUT2D eigenvalue weighted by Gasteiger charge is 2.17. The van der Waals surface area contributed by atoms with Gasteiger partial charge in [0.05, 0.1) is 12.0 Å². The summed E-state index contributed by atoms with van der Waals surface area (Å²) in [6.07, 6.45) is 1.96. The first-order valence-electron chi connectivity index (χ1n) is 6.84. The van der Waals surface area contributed by atoms with Crippen molar-refractivity contribution in [1.29, 1.82) is 0 Å². The van der Waals surface area contributed by atoms with Gasteiger partial charge in [-0.2, -0.15) is 11.8 Å². The molecule has 21 heavy (non-hydrogen) atoms. The molecule has 1 rings (SSSR count). The molecule has 0 heterocycles. The Labute approximate surface area is 131 Å². The Kier molecular flexibility index (Phi) is 7.51. The molecule has 1 atom stereocenters. The third-order valence-corrected chi connectivity index (χ3v) is 5.48. The summed E-state index contributed by atoms with van der Waals surface area (Å²) in [5.41, 5.74) is 0.833. The van der Waals surface area contributed by atoms with Crippen LogP contribution >= 0.6 is 11.8 Å². The minimum Gasteiger partial charge on any atom is -0.496 e. The fourth-order valence-electron chi connectivity index (χ4n) is 1.71. The number of rotatable bonds is 9. The highest BCUT2D eigenvalue weighted by atomic mass is 32.2. The van der Waals surface area contributed by atoms with Crippen molar-refractivity contribution in [3.05, 3.63) is 23.8 Å². The second-order valence-corrected chi connectivity index (χ2v) is 7.70. The predicted molar refractivity (Wildman–Crippen MR) is 88.5 cm³/mol. The largest absolute Gasteiger partial charge is 0.496 e. The molecule has 0 aliphatic carbocycles. The standard InChI is InChI=1S/C14H24N2O3S2/c1-5-15-10-12-8-13(6-7-14(12)19-3)21(17,18)16-9-11(2)20-4/h6-8,11,15-16H,5,9-10H2,1-4H3. The Balaban J connectivity index is 2.95. The number of benzene rings is 1. The molecule has 2 N–H and O–H groups in total. The highest BCUT2D eigenvalue weighted by Crippen LogP contribution is 2.22. The Bertz CT molecular complexity index is 547. The highest BCUT2D eigenvalue weighted by molar-refractivity contribution is 7.99. The Hall–Kier alpha value is -0.760. The molecule has 0 aromatic heterocycles. The Morgan fingerprint density at radius 2 is 2.10 bits per heavy atom. The number of ether oxygens (including phenoxy) is 1. The molecule has 0 spiro atoms. The van der Waals surface area contributed by atoms with Crippen LogP contribution in [0.4, 0.5) is 0 Å². The van der Waals surface area contributed by atoms with E-state index in [9.17, 15) is 8.42 Å². The zero-order valence-electron chi connectivity index (χ0n) is 13.0. The molecule has 0 fully saturated rings. The van der Waals surface area contributed by atoms with Crippen molar-refractivity contribution in [1.82, 2.24) is 10.0 Å². The number of nitrogens with one attached hydrogen (secondary N) is 2. The summed E-state index contributed by atoms with van der Waals surface area (Å²) < 4.78 is 32.5. The van der Waals surface area contributed by atoms with Gasteiger partial charge in [0.25, 0.3) is 0 Å². The van der Waals surface area contributed by atoms with Crippen molar-refractivity contribution in [3.63, 3.8) is 0 Å². The topological polar surface area (TPSA) is 67.4 Å². The summed E-state index contributed by atoms with van der Waals surface area (Å²) in [7, 11) is -1.90. The van der Waals surface area contributed by atoms with Gasteiger partial charge in [0.2, 0.25) is 10.0 Å². The summed E-state index contributed by atoms with van der Waals surface area (Å²) in [5, 5.41) is 3.41. The Morgan fingerprint density at radius 1 is 1.38 bits per heavy atom. The molecule has 120 valence electrons. The van der Waals surface area contributed by atoms with Crippen LogP contribution in [0.25, 0.3) is 0 Å². The Morgan fingerprint density at radius 3 is 2.67 bits per heavy atom. The van der Waals surface area contributed by atoms with Crippen LogP contribution in [-0.4, -0.2) is 40.1 Å². The molecule has 7 heteroatoms. The average molecular weight is 332 g/mol. The van der Waals surface area contributed by atoms with Crippen LogP contribution in [0.5, 0.6) is 5.75 Å². The lowest BCUT2D eigenvalue weighted by molar-refractivity contribution is 0.407. The molecule has 0 saturated heterocycles. The zero-order chi connectivity index (χ0) is 15.9. The van der Waals surface area contributed by atoms with Crippen LogP contribution in [0.15, 0.2) is 23.1 Å². The van der Waals surface area contributed by atoms with Crippen molar-refractivity contribution in [2.75, 3.05) is 26.5 Å². The van der Waals surface area contributed by atoms with Crippen LogP contribution < -0.4 is 14.8 Å². The van der Waals surface area contributed by atoms with Gasteiger partial charge in [-0.3, -0.25) is 0 Å². The fraction of sp³-hybridized carbons (Fsp3) is 0.571. The molecule has 1 unspecified atom stereocenters. The molecule has 0 saturated carbocycles.